The quantitative estimate of drug-likeness (QED) is 0.837. The van der Waals surface area contributed by atoms with E-state index < -0.39 is 0 Å². The topological polar surface area (TPSA) is 49.3 Å². The SMILES string of the molecule is CC1CC(C)CN(C(=O)c2ccc(N3CCCC3)nn2)C1. The Morgan fingerprint density at radius 1 is 1.10 bits per heavy atom. The van der Waals surface area contributed by atoms with Gasteiger partial charge in [0.25, 0.3) is 5.91 Å². The largest absolute Gasteiger partial charge is 0.355 e. The summed E-state index contributed by atoms with van der Waals surface area (Å²) in [5, 5.41) is 8.41. The van der Waals surface area contributed by atoms with E-state index in [1.807, 2.05) is 17.0 Å². The van der Waals surface area contributed by atoms with Crippen molar-refractivity contribution in [1.82, 2.24) is 15.1 Å². The molecular weight excluding hydrogens is 264 g/mol. The number of likely N-dealkylation sites (tertiary alicyclic amines) is 1. The predicted octanol–water partition coefficient (Wildman–Crippen LogP) is 2.19. The van der Waals surface area contributed by atoms with E-state index >= 15 is 0 Å². The zero-order valence-electron chi connectivity index (χ0n) is 13.0. The van der Waals surface area contributed by atoms with Crippen LogP contribution in [0.5, 0.6) is 0 Å². The van der Waals surface area contributed by atoms with Crippen molar-refractivity contribution < 1.29 is 4.79 Å². The smallest absolute Gasteiger partial charge is 0.274 e. The van der Waals surface area contributed by atoms with Crippen LogP contribution in [0, 0.1) is 11.8 Å². The van der Waals surface area contributed by atoms with Gasteiger partial charge < -0.3 is 9.80 Å². The maximum Gasteiger partial charge on any atom is 0.274 e. The number of carbonyl (C=O) groups is 1. The van der Waals surface area contributed by atoms with E-state index in [0.29, 0.717) is 17.5 Å². The number of rotatable bonds is 2. The van der Waals surface area contributed by atoms with Crippen molar-refractivity contribution in [3.8, 4) is 0 Å². The fourth-order valence-corrected chi connectivity index (χ4v) is 3.54. The molecule has 0 radical (unpaired) electrons. The molecule has 2 saturated heterocycles. The summed E-state index contributed by atoms with van der Waals surface area (Å²) in [6, 6.07) is 3.76. The Hall–Kier alpha value is -1.65. The molecule has 5 nitrogen and oxygen atoms in total. The molecule has 1 amide bonds. The molecule has 0 aliphatic carbocycles. The molecule has 2 fully saturated rings. The summed E-state index contributed by atoms with van der Waals surface area (Å²) in [6.45, 7) is 8.17. The van der Waals surface area contributed by atoms with Crippen molar-refractivity contribution in [1.29, 1.82) is 0 Å². The minimum Gasteiger partial charge on any atom is -0.355 e. The van der Waals surface area contributed by atoms with Crippen LogP contribution in [0.3, 0.4) is 0 Å². The summed E-state index contributed by atoms with van der Waals surface area (Å²) in [5.74, 6) is 2.04. The van der Waals surface area contributed by atoms with Crippen molar-refractivity contribution in [2.75, 3.05) is 31.1 Å². The summed E-state index contributed by atoms with van der Waals surface area (Å²) < 4.78 is 0. The summed E-state index contributed by atoms with van der Waals surface area (Å²) in [5.41, 5.74) is 0.472. The molecule has 3 rings (SSSR count). The number of anilines is 1. The van der Waals surface area contributed by atoms with Gasteiger partial charge in [0.1, 0.15) is 0 Å². The highest BCUT2D eigenvalue weighted by atomic mass is 16.2. The Kier molecular flexibility index (Phi) is 4.08. The normalized spacial score (nSPS) is 26.2. The molecule has 1 aromatic heterocycles. The van der Waals surface area contributed by atoms with Crippen LogP contribution < -0.4 is 4.90 Å². The highest BCUT2D eigenvalue weighted by Crippen LogP contribution is 2.22. The molecule has 0 saturated carbocycles. The highest BCUT2D eigenvalue weighted by molar-refractivity contribution is 5.92. The number of nitrogens with zero attached hydrogens (tertiary/aromatic N) is 4. The second-order valence-corrected chi connectivity index (χ2v) is 6.63. The van der Waals surface area contributed by atoms with Crippen molar-refractivity contribution in [3.63, 3.8) is 0 Å². The van der Waals surface area contributed by atoms with Crippen LogP contribution in [0.2, 0.25) is 0 Å². The van der Waals surface area contributed by atoms with Crippen LogP contribution >= 0.6 is 0 Å². The van der Waals surface area contributed by atoms with E-state index in [2.05, 4.69) is 28.9 Å². The number of piperidine rings is 1. The number of hydrogen-bond donors (Lipinski definition) is 0. The summed E-state index contributed by atoms with van der Waals surface area (Å²) in [4.78, 5) is 16.7. The fourth-order valence-electron chi connectivity index (χ4n) is 3.54. The Bertz CT molecular complexity index is 486. The number of amides is 1. The highest BCUT2D eigenvalue weighted by Gasteiger charge is 2.27. The van der Waals surface area contributed by atoms with Crippen LogP contribution in [0.15, 0.2) is 12.1 Å². The summed E-state index contributed by atoms with van der Waals surface area (Å²) in [7, 11) is 0. The number of hydrogen-bond acceptors (Lipinski definition) is 4. The first kappa shape index (κ1) is 14.3. The summed E-state index contributed by atoms with van der Waals surface area (Å²) >= 11 is 0. The van der Waals surface area contributed by atoms with E-state index in [9.17, 15) is 4.79 Å². The fraction of sp³-hybridized carbons (Fsp3) is 0.688. The second kappa shape index (κ2) is 6.00. The third kappa shape index (κ3) is 3.17. The van der Waals surface area contributed by atoms with Gasteiger partial charge >= 0.3 is 0 Å². The van der Waals surface area contributed by atoms with E-state index in [1.54, 1.807) is 0 Å². The third-order valence-corrected chi connectivity index (χ3v) is 4.46. The molecule has 0 N–H and O–H groups in total. The van der Waals surface area contributed by atoms with Crippen LogP contribution in [-0.4, -0.2) is 47.2 Å². The van der Waals surface area contributed by atoms with E-state index in [4.69, 9.17) is 0 Å². The standard InChI is InChI=1S/C16H24N4O/c1-12-9-13(2)11-20(10-12)16(21)14-5-6-15(18-17-14)19-7-3-4-8-19/h5-6,12-13H,3-4,7-11H2,1-2H3. The minimum atomic E-state index is 0.0221. The lowest BCUT2D eigenvalue weighted by molar-refractivity contribution is 0.0616. The van der Waals surface area contributed by atoms with Gasteiger partial charge in [0, 0.05) is 26.2 Å². The van der Waals surface area contributed by atoms with Crippen molar-refractivity contribution >= 4 is 11.7 Å². The average molecular weight is 288 g/mol. The lowest BCUT2D eigenvalue weighted by Gasteiger charge is -2.34. The molecule has 5 heteroatoms. The van der Waals surface area contributed by atoms with Crippen molar-refractivity contribution in [2.24, 2.45) is 11.8 Å². The summed E-state index contributed by atoms with van der Waals surface area (Å²) in [6.07, 6.45) is 3.63. The second-order valence-electron chi connectivity index (χ2n) is 6.63. The van der Waals surface area contributed by atoms with Crippen LogP contribution in [0.4, 0.5) is 5.82 Å². The Morgan fingerprint density at radius 3 is 2.33 bits per heavy atom. The maximum absolute atomic E-state index is 12.5. The molecule has 0 bridgehead atoms. The molecule has 21 heavy (non-hydrogen) atoms. The van der Waals surface area contributed by atoms with Gasteiger partial charge in [-0.1, -0.05) is 13.8 Å². The van der Waals surface area contributed by atoms with Gasteiger partial charge in [0.2, 0.25) is 0 Å². The molecule has 2 unspecified atom stereocenters. The molecule has 114 valence electrons. The molecule has 3 heterocycles. The molecule has 2 atom stereocenters. The van der Waals surface area contributed by atoms with Gasteiger partial charge in [-0.2, -0.15) is 0 Å². The molecule has 2 aliphatic heterocycles. The molecule has 0 spiro atoms. The Morgan fingerprint density at radius 2 is 1.76 bits per heavy atom. The Labute approximate surface area is 126 Å². The zero-order valence-corrected chi connectivity index (χ0v) is 13.0. The molecule has 2 aliphatic rings. The van der Waals surface area contributed by atoms with Crippen molar-refractivity contribution in [2.45, 2.75) is 33.1 Å². The lowest BCUT2D eigenvalue weighted by atomic mass is 9.92. The van der Waals surface area contributed by atoms with Crippen LogP contribution in [-0.2, 0) is 0 Å². The first-order valence-corrected chi connectivity index (χ1v) is 8.01. The van der Waals surface area contributed by atoms with Gasteiger partial charge in [-0.15, -0.1) is 10.2 Å². The van der Waals surface area contributed by atoms with Gasteiger partial charge in [0.15, 0.2) is 11.5 Å². The zero-order chi connectivity index (χ0) is 14.8. The third-order valence-electron chi connectivity index (χ3n) is 4.46. The predicted molar refractivity (Wildman–Crippen MR) is 82.3 cm³/mol. The lowest BCUT2D eigenvalue weighted by Crippen LogP contribution is -2.43. The van der Waals surface area contributed by atoms with Crippen molar-refractivity contribution in [3.05, 3.63) is 17.8 Å². The van der Waals surface area contributed by atoms with Crippen LogP contribution in [0.25, 0.3) is 0 Å². The van der Waals surface area contributed by atoms with Crippen LogP contribution in [0.1, 0.15) is 43.6 Å². The Balaban J connectivity index is 1.69. The minimum absolute atomic E-state index is 0.0221. The van der Waals surface area contributed by atoms with Gasteiger partial charge in [-0.25, -0.2) is 0 Å². The molecule has 0 aromatic carbocycles. The molecule has 1 aromatic rings. The van der Waals surface area contributed by atoms with E-state index in [1.165, 1.54) is 19.3 Å². The van der Waals surface area contributed by atoms with Gasteiger partial charge in [-0.05, 0) is 43.2 Å². The average Bonchev–Trinajstić information content (AvgIpc) is 3.00. The monoisotopic (exact) mass is 288 g/mol. The van der Waals surface area contributed by atoms with Gasteiger partial charge in [0.05, 0.1) is 0 Å². The van der Waals surface area contributed by atoms with Gasteiger partial charge in [-0.3, -0.25) is 4.79 Å². The van der Waals surface area contributed by atoms with E-state index in [-0.39, 0.29) is 5.91 Å². The first-order valence-electron chi connectivity index (χ1n) is 8.01. The number of aromatic nitrogens is 2. The maximum atomic E-state index is 12.5. The molecular formula is C16H24N4O. The van der Waals surface area contributed by atoms with E-state index in [0.717, 1.165) is 32.0 Å². The number of carbonyl (C=O) groups excluding carboxylic acids is 1. The first-order chi connectivity index (χ1) is 10.1.